The lowest BCUT2D eigenvalue weighted by Crippen LogP contribution is -2.27. The van der Waals surface area contributed by atoms with E-state index in [0.717, 1.165) is 28.0 Å². The molecule has 3 aromatic rings. The van der Waals surface area contributed by atoms with Crippen molar-refractivity contribution >= 4 is 28.6 Å². The number of rotatable bonds is 6. The molecule has 1 amide bonds. The maximum Gasteiger partial charge on any atom is 0.230 e. The largest absolute Gasteiger partial charge is 0.459 e. The molecule has 126 valence electrons. The van der Waals surface area contributed by atoms with Gasteiger partial charge in [-0.1, -0.05) is 30.3 Å². The molecule has 1 unspecified atom stereocenters. The second-order valence-corrected chi connectivity index (χ2v) is 6.76. The second kappa shape index (κ2) is 7.91. The minimum atomic E-state index is -0.171. The molecule has 0 aliphatic heterocycles. The summed E-state index contributed by atoms with van der Waals surface area (Å²) >= 11 is 1.54. The predicted octanol–water partition coefficient (Wildman–Crippen LogP) is 4.42. The molecule has 5 heteroatoms. The number of fused-ring (bicyclic) bond motifs is 1. The highest BCUT2D eigenvalue weighted by Crippen LogP contribution is 2.23. The minimum absolute atomic E-state index is 0.0217. The Balaban J connectivity index is 1.49. The summed E-state index contributed by atoms with van der Waals surface area (Å²) < 4.78 is 5.78. The van der Waals surface area contributed by atoms with E-state index in [1.807, 2.05) is 49.4 Å². The van der Waals surface area contributed by atoms with E-state index in [1.165, 1.54) is 0 Å². The van der Waals surface area contributed by atoms with Crippen LogP contribution in [-0.4, -0.2) is 11.7 Å². The molecule has 4 nitrogen and oxygen atoms in total. The van der Waals surface area contributed by atoms with Crippen molar-refractivity contribution in [2.24, 2.45) is 0 Å². The van der Waals surface area contributed by atoms with Crippen LogP contribution in [0.25, 0.3) is 11.0 Å². The van der Waals surface area contributed by atoms with Crippen LogP contribution in [0.3, 0.4) is 0 Å². The molecule has 0 fully saturated rings. The van der Waals surface area contributed by atoms with E-state index in [0.29, 0.717) is 11.3 Å². The van der Waals surface area contributed by atoms with Crippen LogP contribution in [0.2, 0.25) is 0 Å². The van der Waals surface area contributed by atoms with Crippen molar-refractivity contribution in [2.75, 3.05) is 5.75 Å². The number of carbonyl (C=O) groups is 1. The van der Waals surface area contributed by atoms with E-state index in [2.05, 4.69) is 11.4 Å². The third-order valence-electron chi connectivity index (χ3n) is 3.83. The van der Waals surface area contributed by atoms with Crippen LogP contribution in [0.5, 0.6) is 0 Å². The summed E-state index contributed by atoms with van der Waals surface area (Å²) in [5, 5.41) is 12.8. The predicted molar refractivity (Wildman–Crippen MR) is 100 cm³/mol. The average molecular weight is 350 g/mol. The number of amides is 1. The summed E-state index contributed by atoms with van der Waals surface area (Å²) in [6.45, 7) is 1.92. The average Bonchev–Trinajstić information content (AvgIpc) is 3.06. The normalized spacial score (nSPS) is 11.8. The number of carbonyl (C=O) groups excluding carboxylic acids is 1. The molecule has 1 aromatic heterocycles. The van der Waals surface area contributed by atoms with Gasteiger partial charge >= 0.3 is 0 Å². The second-order valence-electron chi connectivity index (χ2n) is 5.78. The Morgan fingerprint density at radius 1 is 1.24 bits per heavy atom. The fourth-order valence-electron chi connectivity index (χ4n) is 2.51. The van der Waals surface area contributed by atoms with Crippen LogP contribution < -0.4 is 5.32 Å². The lowest BCUT2D eigenvalue weighted by atomic mass is 10.2. The zero-order valence-corrected chi connectivity index (χ0v) is 14.7. The summed E-state index contributed by atoms with van der Waals surface area (Å²) in [5.74, 6) is 1.85. The number of furan rings is 1. The van der Waals surface area contributed by atoms with Gasteiger partial charge in [-0.3, -0.25) is 4.79 Å². The quantitative estimate of drug-likeness (QED) is 0.715. The van der Waals surface area contributed by atoms with Gasteiger partial charge in [-0.05, 0) is 36.8 Å². The van der Waals surface area contributed by atoms with Crippen LogP contribution in [0.1, 0.15) is 29.9 Å². The molecule has 0 radical (unpaired) electrons. The molecule has 3 rings (SSSR count). The fraction of sp³-hybridized carbons (Fsp3) is 0.200. The first kappa shape index (κ1) is 17.1. The van der Waals surface area contributed by atoms with Crippen molar-refractivity contribution in [3.63, 3.8) is 0 Å². The van der Waals surface area contributed by atoms with Crippen molar-refractivity contribution in [2.45, 2.75) is 18.7 Å². The maximum absolute atomic E-state index is 12.1. The van der Waals surface area contributed by atoms with E-state index >= 15 is 0 Å². The van der Waals surface area contributed by atoms with Crippen molar-refractivity contribution in [3.05, 3.63) is 71.5 Å². The van der Waals surface area contributed by atoms with Crippen molar-refractivity contribution in [1.82, 2.24) is 5.32 Å². The molecule has 1 atom stereocenters. The monoisotopic (exact) mass is 350 g/mol. The number of nitrogens with one attached hydrogen (secondary N) is 1. The van der Waals surface area contributed by atoms with Gasteiger partial charge in [0.15, 0.2) is 0 Å². The zero-order chi connectivity index (χ0) is 17.6. The summed E-state index contributed by atoms with van der Waals surface area (Å²) in [4.78, 5) is 12.1. The van der Waals surface area contributed by atoms with E-state index in [-0.39, 0.29) is 11.9 Å². The SMILES string of the molecule is CC(NC(=O)CSCc1ccc(C#N)cc1)c1cc2ccccc2o1. The Morgan fingerprint density at radius 3 is 2.72 bits per heavy atom. The third-order valence-corrected chi connectivity index (χ3v) is 4.84. The van der Waals surface area contributed by atoms with Gasteiger partial charge in [-0.15, -0.1) is 11.8 Å². The number of hydrogen-bond donors (Lipinski definition) is 1. The maximum atomic E-state index is 12.1. The summed E-state index contributed by atoms with van der Waals surface area (Å²) in [6, 6.07) is 19.1. The van der Waals surface area contributed by atoms with Crippen LogP contribution in [0.4, 0.5) is 0 Å². The standard InChI is InChI=1S/C20H18N2O2S/c1-14(19-10-17-4-2-3-5-18(17)24-19)22-20(23)13-25-12-16-8-6-15(11-21)7-9-16/h2-10,14H,12-13H2,1H3,(H,22,23). The first-order chi connectivity index (χ1) is 12.2. The smallest absolute Gasteiger partial charge is 0.230 e. The molecule has 0 saturated heterocycles. The highest BCUT2D eigenvalue weighted by atomic mass is 32.2. The Bertz CT molecular complexity index is 876. The molecular formula is C20H18N2O2S. The fourth-order valence-corrected chi connectivity index (χ4v) is 3.31. The third kappa shape index (κ3) is 4.43. The molecule has 2 aromatic carbocycles. The first-order valence-electron chi connectivity index (χ1n) is 8.00. The molecule has 0 aliphatic rings. The molecule has 0 bridgehead atoms. The van der Waals surface area contributed by atoms with Crippen molar-refractivity contribution < 1.29 is 9.21 Å². The van der Waals surface area contributed by atoms with Crippen LogP contribution in [0.15, 0.2) is 59.0 Å². The van der Waals surface area contributed by atoms with Gasteiger partial charge in [0, 0.05) is 11.1 Å². The van der Waals surface area contributed by atoms with E-state index in [4.69, 9.17) is 9.68 Å². The molecule has 0 saturated carbocycles. The van der Waals surface area contributed by atoms with Crippen LogP contribution >= 0.6 is 11.8 Å². The van der Waals surface area contributed by atoms with Gasteiger partial charge in [-0.2, -0.15) is 5.26 Å². The Labute approximate surface area is 150 Å². The summed E-state index contributed by atoms with van der Waals surface area (Å²) in [6.07, 6.45) is 0. The number of nitriles is 1. The van der Waals surface area contributed by atoms with Gasteiger partial charge < -0.3 is 9.73 Å². The van der Waals surface area contributed by atoms with Gasteiger partial charge in [-0.25, -0.2) is 0 Å². The number of para-hydroxylation sites is 1. The van der Waals surface area contributed by atoms with E-state index < -0.39 is 0 Å². The number of hydrogen-bond acceptors (Lipinski definition) is 4. The Kier molecular flexibility index (Phi) is 5.42. The molecule has 25 heavy (non-hydrogen) atoms. The van der Waals surface area contributed by atoms with Crippen molar-refractivity contribution in [1.29, 1.82) is 5.26 Å². The number of thioether (sulfide) groups is 1. The number of nitrogens with zero attached hydrogens (tertiary/aromatic N) is 1. The lowest BCUT2D eigenvalue weighted by Gasteiger charge is -2.11. The Morgan fingerprint density at radius 2 is 2.00 bits per heavy atom. The van der Waals surface area contributed by atoms with Gasteiger partial charge in [0.1, 0.15) is 11.3 Å². The summed E-state index contributed by atoms with van der Waals surface area (Å²) in [7, 11) is 0. The topological polar surface area (TPSA) is 66.0 Å². The Hall–Kier alpha value is -2.71. The first-order valence-corrected chi connectivity index (χ1v) is 9.16. The van der Waals surface area contributed by atoms with Crippen LogP contribution in [0, 0.1) is 11.3 Å². The molecule has 1 N–H and O–H groups in total. The van der Waals surface area contributed by atoms with Gasteiger partial charge in [0.2, 0.25) is 5.91 Å². The van der Waals surface area contributed by atoms with Crippen molar-refractivity contribution in [3.8, 4) is 6.07 Å². The molecule has 0 spiro atoms. The molecule has 0 aliphatic carbocycles. The zero-order valence-electron chi connectivity index (χ0n) is 13.9. The molecule has 1 heterocycles. The lowest BCUT2D eigenvalue weighted by molar-refractivity contribution is -0.119. The van der Waals surface area contributed by atoms with Gasteiger partial charge in [0.25, 0.3) is 0 Å². The highest BCUT2D eigenvalue weighted by molar-refractivity contribution is 7.99. The summed E-state index contributed by atoms with van der Waals surface area (Å²) in [5.41, 5.74) is 2.57. The number of benzene rings is 2. The highest BCUT2D eigenvalue weighted by Gasteiger charge is 2.14. The van der Waals surface area contributed by atoms with E-state index in [1.54, 1.807) is 23.9 Å². The van der Waals surface area contributed by atoms with E-state index in [9.17, 15) is 4.79 Å². The van der Waals surface area contributed by atoms with Crippen LogP contribution in [-0.2, 0) is 10.5 Å². The molecular weight excluding hydrogens is 332 g/mol. The minimum Gasteiger partial charge on any atom is -0.459 e. The van der Waals surface area contributed by atoms with Gasteiger partial charge in [0.05, 0.1) is 23.4 Å².